The van der Waals surface area contributed by atoms with Gasteiger partial charge in [-0.3, -0.25) is 4.79 Å². The van der Waals surface area contributed by atoms with Crippen LogP contribution in [-0.2, 0) is 9.59 Å². The number of carboxylic acids is 1. The van der Waals surface area contributed by atoms with Crippen molar-refractivity contribution in [1.82, 2.24) is 4.98 Å². The minimum Gasteiger partial charge on any atom is -0.475 e. The van der Waals surface area contributed by atoms with Crippen LogP contribution in [0.4, 0.5) is 0 Å². The molecule has 0 unspecified atom stereocenters. The van der Waals surface area contributed by atoms with Crippen LogP contribution >= 0.6 is 15.9 Å². The van der Waals surface area contributed by atoms with Gasteiger partial charge < -0.3 is 5.11 Å². The molecule has 0 aliphatic rings. The summed E-state index contributed by atoms with van der Waals surface area (Å²) in [7, 11) is 0. The lowest BCUT2D eigenvalue weighted by Crippen LogP contribution is -2.15. The molecule has 24 heavy (non-hydrogen) atoms. The smallest absolute Gasteiger partial charge is 0.377 e. The highest BCUT2D eigenvalue weighted by atomic mass is 79.9. The molecule has 0 aliphatic carbocycles. The van der Waals surface area contributed by atoms with Gasteiger partial charge in [0.05, 0.1) is 16.8 Å². The molecule has 0 bridgehead atoms. The quantitative estimate of drug-likeness (QED) is 0.543. The topological polar surface area (TPSA) is 67.3 Å². The number of carbonyl (C=O) groups excluding carboxylic acids is 1. The number of Topliss-reactive ketones (excluding diaryl/α,β-unsaturated/α-hetero) is 1. The molecular formula is C19H12BrNO3. The van der Waals surface area contributed by atoms with Gasteiger partial charge in [-0.2, -0.15) is 0 Å². The Bertz CT molecular complexity index is 979. The number of aromatic nitrogens is 1. The fourth-order valence-electron chi connectivity index (χ4n) is 2.35. The lowest BCUT2D eigenvalue weighted by molar-refractivity contribution is -0.146. The Morgan fingerprint density at radius 3 is 2.54 bits per heavy atom. The second-order valence-corrected chi connectivity index (χ2v) is 6.05. The molecule has 0 spiro atoms. The van der Waals surface area contributed by atoms with E-state index < -0.39 is 11.8 Å². The van der Waals surface area contributed by atoms with Crippen LogP contribution in [0.15, 0.2) is 65.1 Å². The number of rotatable bonds is 4. The fraction of sp³-hybridized carbons (Fsp3) is 0. The van der Waals surface area contributed by atoms with Crippen LogP contribution in [0.25, 0.3) is 22.6 Å². The molecule has 0 amide bonds. The molecule has 3 rings (SSSR count). The van der Waals surface area contributed by atoms with E-state index in [1.807, 2.05) is 42.5 Å². The minimum atomic E-state index is -1.51. The number of halogens is 1. The molecule has 118 valence electrons. The summed E-state index contributed by atoms with van der Waals surface area (Å²) in [5, 5.41) is 10.1. The third-order valence-corrected chi connectivity index (χ3v) is 3.97. The molecule has 0 aliphatic heterocycles. The first-order chi connectivity index (χ1) is 11.5. The van der Waals surface area contributed by atoms with Crippen LogP contribution in [-0.4, -0.2) is 21.8 Å². The summed E-state index contributed by atoms with van der Waals surface area (Å²) in [6.07, 6.45) is 1.54. The Kier molecular flexibility index (Phi) is 4.53. The second-order valence-electron chi connectivity index (χ2n) is 5.14. The van der Waals surface area contributed by atoms with Gasteiger partial charge in [-0.25, -0.2) is 9.78 Å². The lowest BCUT2D eigenvalue weighted by atomic mass is 10.0. The molecular weight excluding hydrogens is 370 g/mol. The monoisotopic (exact) mass is 381 g/mol. The first kappa shape index (κ1) is 16.1. The van der Waals surface area contributed by atoms with Crippen LogP contribution in [0.3, 0.4) is 0 Å². The van der Waals surface area contributed by atoms with Gasteiger partial charge in [0, 0.05) is 9.86 Å². The Hall–Kier alpha value is -2.79. The van der Waals surface area contributed by atoms with E-state index in [4.69, 9.17) is 5.11 Å². The van der Waals surface area contributed by atoms with E-state index in [1.54, 1.807) is 18.2 Å². The number of para-hydroxylation sites is 1. The third-order valence-electron chi connectivity index (χ3n) is 3.47. The zero-order chi connectivity index (χ0) is 17.1. The van der Waals surface area contributed by atoms with Crippen molar-refractivity contribution in [3.05, 3.63) is 76.4 Å². The number of carbonyl (C=O) groups is 2. The second kappa shape index (κ2) is 6.76. The maximum Gasteiger partial charge on any atom is 0.377 e. The number of pyridine rings is 1. The molecule has 4 nitrogen and oxygen atoms in total. The first-order valence-corrected chi connectivity index (χ1v) is 7.95. The summed E-state index contributed by atoms with van der Waals surface area (Å²) in [4.78, 5) is 27.8. The zero-order valence-corrected chi connectivity index (χ0v) is 14.0. The third kappa shape index (κ3) is 3.41. The van der Waals surface area contributed by atoms with Crippen LogP contribution in [0.2, 0.25) is 0 Å². The largest absolute Gasteiger partial charge is 0.475 e. The highest BCUT2D eigenvalue weighted by Gasteiger charge is 2.21. The van der Waals surface area contributed by atoms with Crippen molar-refractivity contribution < 1.29 is 14.7 Å². The number of ketones is 1. The molecule has 1 N–H and O–H groups in total. The Labute approximate surface area is 146 Å². The summed E-state index contributed by atoms with van der Waals surface area (Å²) in [6, 6.07) is 18.2. The number of aliphatic carboxylic acids is 1. The van der Waals surface area contributed by atoms with E-state index in [-0.39, 0.29) is 5.57 Å². The fourth-order valence-corrected chi connectivity index (χ4v) is 2.77. The average molecular weight is 382 g/mol. The Morgan fingerprint density at radius 2 is 1.79 bits per heavy atom. The highest BCUT2D eigenvalue weighted by Crippen LogP contribution is 2.22. The van der Waals surface area contributed by atoms with Gasteiger partial charge in [0.15, 0.2) is 0 Å². The van der Waals surface area contributed by atoms with Crippen LogP contribution < -0.4 is 0 Å². The Morgan fingerprint density at radius 1 is 1.00 bits per heavy atom. The molecule has 1 aromatic heterocycles. The lowest BCUT2D eigenvalue weighted by Gasteiger charge is -2.06. The zero-order valence-electron chi connectivity index (χ0n) is 12.4. The average Bonchev–Trinajstić information content (AvgIpc) is 2.58. The molecule has 1 heterocycles. The molecule has 0 fully saturated rings. The van der Waals surface area contributed by atoms with Gasteiger partial charge in [0.25, 0.3) is 5.78 Å². The number of carboxylic acid groups (broad SMARTS) is 1. The van der Waals surface area contributed by atoms with Crippen LogP contribution in [0, 0.1) is 0 Å². The van der Waals surface area contributed by atoms with Gasteiger partial charge in [-0.1, -0.05) is 52.3 Å². The molecule has 5 heteroatoms. The van der Waals surface area contributed by atoms with E-state index in [0.29, 0.717) is 16.8 Å². The standard InChI is InChI=1S/C19H12BrNO3/c20-14-6-3-4-12(10-14)11-15(18(22)19(23)24)17-9-8-13-5-1-2-7-16(13)21-17/h1-11H,(H,23,24). The summed E-state index contributed by atoms with van der Waals surface area (Å²) < 4.78 is 0.838. The van der Waals surface area contributed by atoms with E-state index in [2.05, 4.69) is 20.9 Å². The van der Waals surface area contributed by atoms with Crippen molar-refractivity contribution in [2.75, 3.05) is 0 Å². The van der Waals surface area contributed by atoms with E-state index >= 15 is 0 Å². The number of hydrogen-bond acceptors (Lipinski definition) is 3. The first-order valence-electron chi connectivity index (χ1n) is 7.15. The van der Waals surface area contributed by atoms with Crippen molar-refractivity contribution >= 4 is 50.2 Å². The number of fused-ring (bicyclic) bond motifs is 1. The van der Waals surface area contributed by atoms with Crippen molar-refractivity contribution in [2.24, 2.45) is 0 Å². The number of nitrogens with zero attached hydrogens (tertiary/aromatic N) is 1. The normalized spacial score (nSPS) is 11.5. The van der Waals surface area contributed by atoms with Crippen molar-refractivity contribution in [1.29, 1.82) is 0 Å². The van der Waals surface area contributed by atoms with Crippen molar-refractivity contribution in [2.45, 2.75) is 0 Å². The number of hydrogen-bond donors (Lipinski definition) is 1. The maximum atomic E-state index is 12.1. The molecule has 0 saturated carbocycles. The predicted octanol–water partition coefficient (Wildman–Crippen LogP) is 4.19. The van der Waals surface area contributed by atoms with Gasteiger partial charge >= 0.3 is 5.97 Å². The van der Waals surface area contributed by atoms with E-state index in [9.17, 15) is 9.59 Å². The van der Waals surface area contributed by atoms with Gasteiger partial charge in [0.2, 0.25) is 0 Å². The van der Waals surface area contributed by atoms with Crippen LogP contribution in [0.5, 0.6) is 0 Å². The summed E-state index contributed by atoms with van der Waals surface area (Å²) in [5.74, 6) is -2.50. The molecule has 0 atom stereocenters. The summed E-state index contributed by atoms with van der Waals surface area (Å²) >= 11 is 3.36. The summed E-state index contributed by atoms with van der Waals surface area (Å²) in [5.41, 5.74) is 1.80. The molecule has 3 aromatic rings. The molecule has 0 saturated heterocycles. The highest BCUT2D eigenvalue weighted by molar-refractivity contribution is 9.10. The van der Waals surface area contributed by atoms with E-state index in [0.717, 1.165) is 9.86 Å². The van der Waals surface area contributed by atoms with Crippen molar-refractivity contribution in [3.8, 4) is 0 Å². The van der Waals surface area contributed by atoms with Gasteiger partial charge in [-0.15, -0.1) is 0 Å². The SMILES string of the molecule is O=C(O)C(=O)C(=Cc1cccc(Br)c1)c1ccc2ccccc2n1. The van der Waals surface area contributed by atoms with Gasteiger partial charge in [-0.05, 0) is 35.9 Å². The minimum absolute atomic E-state index is 0.0475. The number of benzene rings is 2. The summed E-state index contributed by atoms with van der Waals surface area (Å²) in [6.45, 7) is 0. The molecule has 0 radical (unpaired) electrons. The van der Waals surface area contributed by atoms with E-state index in [1.165, 1.54) is 6.08 Å². The maximum absolute atomic E-state index is 12.1. The predicted molar refractivity (Wildman–Crippen MR) is 96.4 cm³/mol. The van der Waals surface area contributed by atoms with Crippen LogP contribution in [0.1, 0.15) is 11.3 Å². The van der Waals surface area contributed by atoms with Gasteiger partial charge in [0.1, 0.15) is 0 Å². The molecule has 2 aromatic carbocycles. The van der Waals surface area contributed by atoms with Crippen molar-refractivity contribution in [3.63, 3.8) is 0 Å². The Balaban J connectivity index is 2.16.